The molecule has 9 heteroatoms. The zero-order valence-corrected chi connectivity index (χ0v) is 18.9. The molecule has 1 aromatic heterocycles. The number of hydrogen-bond acceptors (Lipinski definition) is 7. The lowest BCUT2D eigenvalue weighted by Gasteiger charge is -2.27. The highest BCUT2D eigenvalue weighted by Gasteiger charge is 2.14. The number of nitrogens with zero attached hydrogens (tertiary/aromatic N) is 5. The fraction of sp³-hybridized carbons (Fsp3) is 0.450. The Balaban J connectivity index is 0.000000749. The van der Waals surface area contributed by atoms with Crippen molar-refractivity contribution >= 4 is 28.2 Å². The molecule has 0 amide bonds. The first-order valence-electron chi connectivity index (χ1n) is 9.36. The molecule has 0 unspecified atom stereocenters. The zero-order chi connectivity index (χ0) is 22.0. The van der Waals surface area contributed by atoms with Gasteiger partial charge in [-0.25, -0.2) is 8.42 Å². The average molecular weight is 421 g/mol. The molecule has 0 fully saturated rings. The van der Waals surface area contributed by atoms with Crippen LogP contribution in [0.1, 0.15) is 27.2 Å². The van der Waals surface area contributed by atoms with Crippen molar-refractivity contribution in [2.24, 2.45) is 10.1 Å². The first-order valence-corrected chi connectivity index (χ1v) is 11.7. The van der Waals surface area contributed by atoms with Crippen LogP contribution in [0.25, 0.3) is 0 Å². The van der Waals surface area contributed by atoms with E-state index in [1.807, 2.05) is 18.2 Å². The van der Waals surface area contributed by atoms with Crippen molar-refractivity contribution in [3.8, 4) is 0 Å². The summed E-state index contributed by atoms with van der Waals surface area (Å²) in [6.07, 6.45) is 13.6. The van der Waals surface area contributed by atoms with Gasteiger partial charge in [-0.05, 0) is 39.3 Å². The third-order valence-corrected chi connectivity index (χ3v) is 3.75. The Kier molecular flexibility index (Phi) is 9.54. The highest BCUT2D eigenvalue weighted by molar-refractivity contribution is 7.89. The maximum Gasteiger partial charge on any atom is 0.249 e. The lowest BCUT2D eigenvalue weighted by Crippen LogP contribution is -2.34. The summed E-state index contributed by atoms with van der Waals surface area (Å²) in [5.41, 5.74) is 1.49. The molecule has 0 radical (unpaired) electrons. The first kappa shape index (κ1) is 24.4. The van der Waals surface area contributed by atoms with Crippen LogP contribution in [-0.4, -0.2) is 56.9 Å². The van der Waals surface area contributed by atoms with E-state index in [4.69, 9.17) is 0 Å². The van der Waals surface area contributed by atoms with Crippen molar-refractivity contribution in [2.45, 2.75) is 33.2 Å². The van der Waals surface area contributed by atoms with Crippen LogP contribution in [-0.2, 0) is 9.84 Å². The zero-order valence-electron chi connectivity index (χ0n) is 18.1. The Morgan fingerprint density at radius 2 is 2.00 bits per heavy atom. The number of anilines is 2. The molecule has 1 aliphatic rings. The van der Waals surface area contributed by atoms with Gasteiger partial charge in [-0.1, -0.05) is 18.2 Å². The van der Waals surface area contributed by atoms with Gasteiger partial charge in [0.05, 0.1) is 0 Å². The summed E-state index contributed by atoms with van der Waals surface area (Å²) in [4.78, 5) is 11.1. The van der Waals surface area contributed by atoms with E-state index in [1.165, 1.54) is 0 Å². The monoisotopic (exact) mass is 420 g/mol. The molecule has 1 aromatic rings. The minimum atomic E-state index is -2.67. The smallest absolute Gasteiger partial charge is 0.249 e. The molecule has 0 aromatic carbocycles. The Hall–Kier alpha value is -2.68. The Morgan fingerprint density at radius 1 is 1.34 bits per heavy atom. The number of allylic oxidation sites excluding steroid dienone is 5. The van der Waals surface area contributed by atoms with Crippen molar-refractivity contribution in [3.05, 3.63) is 47.8 Å². The molecule has 160 valence electrons. The topological polar surface area (TPSA) is 91.9 Å². The summed E-state index contributed by atoms with van der Waals surface area (Å²) >= 11 is 0. The van der Waals surface area contributed by atoms with E-state index >= 15 is 0 Å². The summed E-state index contributed by atoms with van der Waals surface area (Å²) in [6, 6.07) is 2.32. The van der Waals surface area contributed by atoms with Crippen LogP contribution in [0, 0.1) is 0 Å². The van der Waals surface area contributed by atoms with E-state index in [2.05, 4.69) is 71.0 Å². The van der Waals surface area contributed by atoms with Gasteiger partial charge in [0, 0.05) is 50.6 Å². The summed E-state index contributed by atoms with van der Waals surface area (Å²) in [7, 11) is -0.962. The average Bonchev–Trinajstić information content (AvgIpc) is 2.89. The van der Waals surface area contributed by atoms with Crippen LogP contribution in [0.4, 0.5) is 11.6 Å². The van der Waals surface area contributed by atoms with E-state index in [1.54, 1.807) is 11.7 Å². The Bertz CT molecular complexity index is 948. The van der Waals surface area contributed by atoms with Crippen LogP contribution in [0.5, 0.6) is 0 Å². The molecular weight excluding hydrogens is 388 g/mol. The van der Waals surface area contributed by atoms with Crippen molar-refractivity contribution in [1.29, 1.82) is 0 Å². The summed E-state index contributed by atoms with van der Waals surface area (Å²) in [5.74, 6) is 1.64. The van der Waals surface area contributed by atoms with Gasteiger partial charge in [-0.2, -0.15) is 14.8 Å². The molecule has 2 rings (SSSR count). The number of rotatable bonds is 6. The van der Waals surface area contributed by atoms with E-state index < -0.39 is 9.84 Å². The highest BCUT2D eigenvalue weighted by Crippen LogP contribution is 2.19. The van der Waals surface area contributed by atoms with Gasteiger partial charge in [0.1, 0.15) is 21.5 Å². The third kappa shape index (κ3) is 8.47. The predicted molar refractivity (Wildman–Crippen MR) is 122 cm³/mol. The van der Waals surface area contributed by atoms with Crippen molar-refractivity contribution in [2.75, 3.05) is 36.3 Å². The molecule has 0 saturated carbocycles. The summed E-state index contributed by atoms with van der Waals surface area (Å²) < 4.78 is 20.9. The van der Waals surface area contributed by atoms with Gasteiger partial charge >= 0.3 is 0 Å². The van der Waals surface area contributed by atoms with Crippen LogP contribution < -0.4 is 15.8 Å². The number of aromatic nitrogens is 2. The van der Waals surface area contributed by atoms with Crippen molar-refractivity contribution in [1.82, 2.24) is 9.66 Å². The molecular formula is C20H32N6O2S. The van der Waals surface area contributed by atoms with Crippen LogP contribution in [0.15, 0.2) is 52.2 Å². The molecule has 1 N–H and O–H groups in total. The second-order valence-electron chi connectivity index (χ2n) is 6.81. The van der Waals surface area contributed by atoms with Gasteiger partial charge in [-0.15, -0.1) is 0 Å². The van der Waals surface area contributed by atoms with Crippen molar-refractivity contribution in [3.63, 3.8) is 0 Å². The second-order valence-corrected chi connectivity index (χ2v) is 9.10. The van der Waals surface area contributed by atoms with E-state index in [0.29, 0.717) is 11.7 Å². The maximum absolute atomic E-state index is 9.63. The molecule has 8 nitrogen and oxygen atoms in total. The largest absolute Gasteiger partial charge is 0.354 e. The third-order valence-electron chi connectivity index (χ3n) is 3.75. The number of nitrogens with one attached hydrogen (secondary N) is 1. The lowest BCUT2D eigenvalue weighted by atomic mass is 10.3. The van der Waals surface area contributed by atoms with Crippen LogP contribution in [0.2, 0.25) is 0 Å². The van der Waals surface area contributed by atoms with Gasteiger partial charge in [0.15, 0.2) is 0 Å². The van der Waals surface area contributed by atoms with Gasteiger partial charge in [0.25, 0.3) is 0 Å². The number of hydrogen-bond donors (Lipinski definition) is 1. The fourth-order valence-corrected chi connectivity index (χ4v) is 2.60. The van der Waals surface area contributed by atoms with E-state index in [9.17, 15) is 8.42 Å². The van der Waals surface area contributed by atoms with Crippen molar-refractivity contribution < 1.29 is 8.42 Å². The molecule has 29 heavy (non-hydrogen) atoms. The standard InChI is InChI=1S/C18H26N6.C2H6O2S/c1-6-23(14(2)3)16-13-17(24(20-5)18(19-4)22-16)21-15-11-9-7-8-10-12-15;1-5(2,3)4/h7,9-14,21H,5-6,8H2,1-4H3;1-2H3. The highest BCUT2D eigenvalue weighted by atomic mass is 32.2. The maximum atomic E-state index is 9.63. The summed E-state index contributed by atoms with van der Waals surface area (Å²) in [6.45, 7) is 10.9. The van der Waals surface area contributed by atoms with Gasteiger partial charge in [0.2, 0.25) is 5.62 Å². The fourth-order valence-electron chi connectivity index (χ4n) is 2.60. The second kappa shape index (κ2) is 11.4. The molecule has 0 aliphatic heterocycles. The van der Waals surface area contributed by atoms with E-state index in [0.717, 1.165) is 42.8 Å². The molecule has 1 aliphatic carbocycles. The SMILES string of the molecule is C=Nn1c(NC2=CC=CCC=C2)cc(N(CC)C(C)C)nc1=NC.CS(C)(=O)=O. The van der Waals surface area contributed by atoms with Gasteiger partial charge in [-0.3, -0.25) is 4.99 Å². The van der Waals surface area contributed by atoms with Gasteiger partial charge < -0.3 is 10.2 Å². The normalized spacial score (nSPS) is 14.0. The minimum absolute atomic E-state index is 0.340. The first-order chi connectivity index (χ1) is 13.6. The summed E-state index contributed by atoms with van der Waals surface area (Å²) in [5, 5.41) is 7.46. The quantitative estimate of drug-likeness (QED) is 0.714. The number of sulfone groups is 1. The van der Waals surface area contributed by atoms with E-state index in [-0.39, 0.29) is 0 Å². The van der Waals surface area contributed by atoms with Crippen LogP contribution >= 0.6 is 0 Å². The molecule has 0 spiro atoms. The van der Waals surface area contributed by atoms with Crippen LogP contribution in [0.3, 0.4) is 0 Å². The molecule has 1 heterocycles. The molecule has 0 atom stereocenters. The molecule has 0 saturated heterocycles. The lowest BCUT2D eigenvalue weighted by molar-refractivity contribution is 0.607. The minimum Gasteiger partial charge on any atom is -0.354 e. The Morgan fingerprint density at radius 3 is 2.52 bits per heavy atom. The molecule has 0 bridgehead atoms. The predicted octanol–water partition coefficient (Wildman–Crippen LogP) is 2.58. The Labute approximate surface area is 174 Å².